The molecule has 1 aliphatic carbocycles. The van der Waals surface area contributed by atoms with E-state index in [1.807, 2.05) is 0 Å². The van der Waals surface area contributed by atoms with Crippen LogP contribution in [-0.4, -0.2) is 12.0 Å². The number of benzene rings is 1. The molecule has 0 heterocycles. The fraction of sp³-hybridized carbons (Fsp3) is 0.417. The van der Waals surface area contributed by atoms with Crippen LogP contribution < -0.4 is 11.2 Å². The van der Waals surface area contributed by atoms with E-state index in [1.54, 1.807) is 0 Å². The van der Waals surface area contributed by atoms with Gasteiger partial charge in [-0.3, -0.25) is 9.63 Å². The Labute approximate surface area is 115 Å². The number of hydrogen-bond acceptors (Lipinski definition) is 3. The number of anilines is 1. The van der Waals surface area contributed by atoms with Crippen molar-refractivity contribution >= 4 is 34.8 Å². The average Bonchev–Trinajstić information content (AvgIpc) is 2.85. The summed E-state index contributed by atoms with van der Waals surface area (Å²) in [4.78, 5) is 17.1. The zero-order valence-electron chi connectivity index (χ0n) is 9.71. The lowest BCUT2D eigenvalue weighted by molar-refractivity contribution is -0.0124. The summed E-state index contributed by atoms with van der Waals surface area (Å²) in [6, 6.07) is 2.94. The highest BCUT2D eigenvalue weighted by Gasteiger charge is 2.18. The molecule has 1 saturated carbocycles. The van der Waals surface area contributed by atoms with Gasteiger partial charge >= 0.3 is 0 Å². The topological polar surface area (TPSA) is 64.4 Å². The first-order valence-electron chi connectivity index (χ1n) is 5.78. The fourth-order valence-electron chi connectivity index (χ4n) is 1.92. The van der Waals surface area contributed by atoms with Crippen LogP contribution >= 0.6 is 23.2 Å². The van der Waals surface area contributed by atoms with Gasteiger partial charge in [0.15, 0.2) is 0 Å². The molecule has 0 unspecified atom stereocenters. The van der Waals surface area contributed by atoms with E-state index in [2.05, 4.69) is 5.48 Å². The zero-order valence-corrected chi connectivity index (χ0v) is 11.2. The summed E-state index contributed by atoms with van der Waals surface area (Å²) in [6.45, 7) is 0. The van der Waals surface area contributed by atoms with Crippen molar-refractivity contribution in [2.24, 2.45) is 0 Å². The lowest BCUT2D eigenvalue weighted by atomic mass is 10.2. The number of nitrogens with one attached hydrogen (secondary N) is 1. The Bertz CT molecular complexity index is 436. The number of rotatable bonds is 3. The van der Waals surface area contributed by atoms with E-state index < -0.39 is 0 Å². The highest BCUT2D eigenvalue weighted by Crippen LogP contribution is 2.28. The van der Waals surface area contributed by atoms with Gasteiger partial charge < -0.3 is 5.73 Å². The van der Waals surface area contributed by atoms with Crippen LogP contribution in [0.4, 0.5) is 5.69 Å². The number of nitrogen functional groups attached to an aromatic ring is 1. The molecule has 0 saturated heterocycles. The predicted molar refractivity (Wildman–Crippen MR) is 71.7 cm³/mol. The summed E-state index contributed by atoms with van der Waals surface area (Å²) in [5.74, 6) is -0.370. The second kappa shape index (κ2) is 5.78. The van der Waals surface area contributed by atoms with Crippen LogP contribution in [0.15, 0.2) is 12.1 Å². The maximum absolute atomic E-state index is 11.8. The number of carbonyl (C=O) groups excluding carboxylic acids is 1. The Morgan fingerprint density at radius 3 is 2.39 bits per heavy atom. The second-order valence-electron chi connectivity index (χ2n) is 4.31. The molecule has 1 fully saturated rings. The molecule has 0 aromatic heterocycles. The quantitative estimate of drug-likeness (QED) is 0.663. The molecule has 0 bridgehead atoms. The van der Waals surface area contributed by atoms with Crippen LogP contribution in [0.3, 0.4) is 0 Å². The van der Waals surface area contributed by atoms with Crippen LogP contribution in [0.1, 0.15) is 36.0 Å². The van der Waals surface area contributed by atoms with E-state index in [1.165, 1.54) is 12.1 Å². The van der Waals surface area contributed by atoms with Crippen LogP contribution in [-0.2, 0) is 4.84 Å². The smallest absolute Gasteiger partial charge is 0.274 e. The third kappa shape index (κ3) is 3.07. The van der Waals surface area contributed by atoms with Crippen molar-refractivity contribution in [2.45, 2.75) is 31.8 Å². The molecule has 0 spiro atoms. The summed E-state index contributed by atoms with van der Waals surface area (Å²) >= 11 is 11.7. The molecule has 18 heavy (non-hydrogen) atoms. The summed E-state index contributed by atoms with van der Waals surface area (Å²) in [7, 11) is 0. The van der Waals surface area contributed by atoms with E-state index in [-0.39, 0.29) is 27.7 Å². The monoisotopic (exact) mass is 288 g/mol. The Kier molecular flexibility index (Phi) is 4.32. The minimum atomic E-state index is -0.370. The first kappa shape index (κ1) is 13.5. The largest absolute Gasteiger partial charge is 0.396 e. The molecule has 4 nitrogen and oxygen atoms in total. The number of hydroxylamine groups is 1. The molecule has 6 heteroatoms. The molecular formula is C12H14Cl2N2O2. The normalized spacial score (nSPS) is 15.9. The first-order chi connectivity index (χ1) is 8.58. The van der Waals surface area contributed by atoms with Gasteiger partial charge in [0.1, 0.15) is 0 Å². The van der Waals surface area contributed by atoms with Crippen molar-refractivity contribution in [2.75, 3.05) is 5.73 Å². The molecule has 0 aliphatic heterocycles. The van der Waals surface area contributed by atoms with Crippen molar-refractivity contribution in [1.82, 2.24) is 5.48 Å². The molecule has 1 amide bonds. The van der Waals surface area contributed by atoms with Crippen molar-refractivity contribution in [3.8, 4) is 0 Å². The summed E-state index contributed by atoms with van der Waals surface area (Å²) in [6.07, 6.45) is 4.33. The molecular weight excluding hydrogens is 275 g/mol. The van der Waals surface area contributed by atoms with Gasteiger partial charge in [0.05, 0.1) is 21.8 Å². The lowest BCUT2D eigenvalue weighted by Crippen LogP contribution is -2.28. The fourth-order valence-corrected chi connectivity index (χ4v) is 2.40. The van der Waals surface area contributed by atoms with Crippen LogP contribution in [0.5, 0.6) is 0 Å². The van der Waals surface area contributed by atoms with Crippen LogP contribution in [0.2, 0.25) is 10.0 Å². The maximum Gasteiger partial charge on any atom is 0.274 e. The summed E-state index contributed by atoms with van der Waals surface area (Å²) in [5.41, 5.74) is 8.62. The molecule has 98 valence electrons. The lowest BCUT2D eigenvalue weighted by Gasteiger charge is -2.12. The standard InChI is InChI=1S/C12H14Cl2N2O2/c13-9-5-7(6-10(14)11(9)15)12(17)16-18-8-3-1-2-4-8/h5-6,8H,1-4,15H2,(H,16,17). The van der Waals surface area contributed by atoms with Gasteiger partial charge in [-0.2, -0.15) is 0 Å². The van der Waals surface area contributed by atoms with E-state index >= 15 is 0 Å². The Morgan fingerprint density at radius 2 is 1.83 bits per heavy atom. The number of hydrogen-bond donors (Lipinski definition) is 2. The molecule has 1 aliphatic rings. The highest BCUT2D eigenvalue weighted by molar-refractivity contribution is 6.39. The minimum Gasteiger partial charge on any atom is -0.396 e. The molecule has 1 aromatic carbocycles. The Morgan fingerprint density at radius 1 is 1.28 bits per heavy atom. The van der Waals surface area contributed by atoms with Gasteiger partial charge in [0.2, 0.25) is 0 Å². The number of nitrogens with two attached hydrogens (primary N) is 1. The average molecular weight is 289 g/mol. The Balaban J connectivity index is 2.00. The van der Waals surface area contributed by atoms with Crippen LogP contribution in [0, 0.1) is 0 Å². The molecule has 1 aromatic rings. The third-order valence-electron chi connectivity index (χ3n) is 2.96. The predicted octanol–water partition coefficient (Wildman–Crippen LogP) is 3.18. The first-order valence-corrected chi connectivity index (χ1v) is 6.54. The Hall–Kier alpha value is -0.970. The SMILES string of the molecule is Nc1c(Cl)cc(C(=O)NOC2CCCC2)cc1Cl. The zero-order chi connectivity index (χ0) is 13.1. The van der Waals surface area contributed by atoms with E-state index in [9.17, 15) is 4.79 Å². The second-order valence-corrected chi connectivity index (χ2v) is 5.12. The maximum atomic E-state index is 11.8. The van der Waals surface area contributed by atoms with Gasteiger partial charge in [-0.15, -0.1) is 0 Å². The number of amides is 1. The number of halogens is 2. The van der Waals surface area contributed by atoms with Gasteiger partial charge in [-0.05, 0) is 25.0 Å². The van der Waals surface area contributed by atoms with Gasteiger partial charge in [-0.1, -0.05) is 36.0 Å². The molecule has 2 rings (SSSR count). The molecule has 3 N–H and O–H groups in total. The van der Waals surface area contributed by atoms with E-state index in [4.69, 9.17) is 33.8 Å². The number of carbonyl (C=O) groups is 1. The summed E-state index contributed by atoms with van der Waals surface area (Å²) < 4.78 is 0. The van der Waals surface area contributed by atoms with Gasteiger partial charge in [0, 0.05) is 5.56 Å². The van der Waals surface area contributed by atoms with Gasteiger partial charge in [-0.25, -0.2) is 5.48 Å². The molecule has 0 atom stereocenters. The van der Waals surface area contributed by atoms with Gasteiger partial charge in [0.25, 0.3) is 5.91 Å². The summed E-state index contributed by atoms with van der Waals surface area (Å²) in [5, 5.41) is 0.516. The van der Waals surface area contributed by atoms with E-state index in [0.717, 1.165) is 25.7 Å². The van der Waals surface area contributed by atoms with Crippen molar-refractivity contribution < 1.29 is 9.63 Å². The van der Waals surface area contributed by atoms with E-state index in [0.29, 0.717) is 5.56 Å². The minimum absolute atomic E-state index is 0.105. The van der Waals surface area contributed by atoms with Crippen LogP contribution in [0.25, 0.3) is 0 Å². The van der Waals surface area contributed by atoms with Crippen molar-refractivity contribution in [1.29, 1.82) is 0 Å². The third-order valence-corrected chi connectivity index (χ3v) is 3.59. The highest BCUT2D eigenvalue weighted by atomic mass is 35.5. The van der Waals surface area contributed by atoms with Crippen molar-refractivity contribution in [3.63, 3.8) is 0 Å². The molecule has 0 radical (unpaired) electrons. The van der Waals surface area contributed by atoms with Crippen molar-refractivity contribution in [3.05, 3.63) is 27.7 Å².